The number of carboxylic acid groups (broad SMARTS) is 1. The fourth-order valence-corrected chi connectivity index (χ4v) is 0.778. The van der Waals surface area contributed by atoms with Gasteiger partial charge in [-0.1, -0.05) is 13.8 Å². The van der Waals surface area contributed by atoms with Crippen molar-refractivity contribution >= 4 is 11.9 Å². The van der Waals surface area contributed by atoms with Crippen molar-refractivity contribution in [3.63, 3.8) is 0 Å². The maximum atomic E-state index is 11.2. The highest BCUT2D eigenvalue weighted by molar-refractivity contribution is 5.76. The number of hydrogen-bond acceptors (Lipinski definition) is 5. The summed E-state index contributed by atoms with van der Waals surface area (Å²) in [5.74, 6) is -1.65. The van der Waals surface area contributed by atoms with Crippen molar-refractivity contribution in [2.24, 2.45) is 17.4 Å². The minimum absolute atomic E-state index is 0.00866. The molecule has 0 saturated heterocycles. The highest BCUT2D eigenvalue weighted by Gasteiger charge is 2.19. The fourth-order valence-electron chi connectivity index (χ4n) is 0.778. The molecule has 0 aromatic heterocycles. The Kier molecular flexibility index (Phi) is 5.88. The standard InChI is InChI=1S/C9H18N2O4/c1-5(2)7(11)9(14)15-4-3-6(10)8(12)13/h5-7H,3-4,10-11H2,1-2H3,(H,12,13)/t6-,7+/m0/s1. The van der Waals surface area contributed by atoms with Crippen LogP contribution in [-0.2, 0) is 14.3 Å². The van der Waals surface area contributed by atoms with Crippen LogP contribution in [0.4, 0.5) is 0 Å². The third kappa shape index (κ3) is 5.34. The predicted octanol–water partition coefficient (Wildman–Crippen LogP) is -0.685. The second-order valence-corrected chi connectivity index (χ2v) is 3.67. The van der Waals surface area contributed by atoms with E-state index in [9.17, 15) is 9.59 Å². The van der Waals surface area contributed by atoms with Crippen LogP contribution >= 0.6 is 0 Å². The molecule has 5 N–H and O–H groups in total. The molecule has 88 valence electrons. The summed E-state index contributed by atoms with van der Waals surface area (Å²) >= 11 is 0. The summed E-state index contributed by atoms with van der Waals surface area (Å²) in [4.78, 5) is 21.5. The molecule has 0 heterocycles. The van der Waals surface area contributed by atoms with Gasteiger partial charge in [0.25, 0.3) is 0 Å². The predicted molar refractivity (Wildman–Crippen MR) is 54.0 cm³/mol. The molecule has 15 heavy (non-hydrogen) atoms. The fraction of sp³-hybridized carbons (Fsp3) is 0.778. The summed E-state index contributed by atoms with van der Waals surface area (Å²) in [6, 6.07) is -1.68. The number of carbonyl (C=O) groups excluding carboxylic acids is 1. The van der Waals surface area contributed by atoms with Gasteiger partial charge in [-0.2, -0.15) is 0 Å². The maximum absolute atomic E-state index is 11.2. The highest BCUT2D eigenvalue weighted by Crippen LogP contribution is 2.01. The molecule has 2 atom stereocenters. The quantitative estimate of drug-likeness (QED) is 0.508. The lowest BCUT2D eigenvalue weighted by Crippen LogP contribution is -2.38. The van der Waals surface area contributed by atoms with E-state index in [0.717, 1.165) is 0 Å². The first-order valence-electron chi connectivity index (χ1n) is 4.76. The molecule has 0 aliphatic heterocycles. The molecule has 6 nitrogen and oxygen atoms in total. The zero-order valence-electron chi connectivity index (χ0n) is 8.97. The molecule has 0 spiro atoms. The van der Waals surface area contributed by atoms with Crippen LogP contribution in [0.25, 0.3) is 0 Å². The van der Waals surface area contributed by atoms with Crippen LogP contribution in [0.1, 0.15) is 20.3 Å². The van der Waals surface area contributed by atoms with Gasteiger partial charge in [-0.05, 0) is 5.92 Å². The van der Waals surface area contributed by atoms with Crippen LogP contribution in [0.3, 0.4) is 0 Å². The van der Waals surface area contributed by atoms with Crippen molar-refractivity contribution in [2.75, 3.05) is 6.61 Å². The Balaban J connectivity index is 3.78. The van der Waals surface area contributed by atoms with Crippen LogP contribution < -0.4 is 11.5 Å². The summed E-state index contributed by atoms with van der Waals surface area (Å²) in [6.45, 7) is 3.58. The number of aliphatic carboxylic acids is 1. The van der Waals surface area contributed by atoms with E-state index in [1.165, 1.54) is 0 Å². The van der Waals surface area contributed by atoms with E-state index >= 15 is 0 Å². The summed E-state index contributed by atoms with van der Waals surface area (Å²) in [7, 11) is 0. The lowest BCUT2D eigenvalue weighted by Gasteiger charge is -2.14. The molecule has 0 saturated carbocycles. The third-order valence-electron chi connectivity index (χ3n) is 1.98. The monoisotopic (exact) mass is 218 g/mol. The van der Waals surface area contributed by atoms with Crippen LogP contribution in [-0.4, -0.2) is 35.7 Å². The van der Waals surface area contributed by atoms with Crippen LogP contribution in [0.2, 0.25) is 0 Å². The first kappa shape index (κ1) is 13.9. The van der Waals surface area contributed by atoms with E-state index in [1.807, 2.05) is 0 Å². The Morgan fingerprint density at radius 2 is 1.87 bits per heavy atom. The first-order chi connectivity index (χ1) is 6.86. The number of hydrogen-bond donors (Lipinski definition) is 3. The van der Waals surface area contributed by atoms with Gasteiger partial charge < -0.3 is 21.3 Å². The minimum Gasteiger partial charge on any atom is -0.480 e. The lowest BCUT2D eigenvalue weighted by molar-refractivity contribution is -0.148. The lowest BCUT2D eigenvalue weighted by atomic mass is 10.1. The first-order valence-corrected chi connectivity index (χ1v) is 4.76. The number of rotatable bonds is 6. The molecule has 0 rings (SSSR count). The highest BCUT2D eigenvalue weighted by atomic mass is 16.5. The summed E-state index contributed by atoms with van der Waals surface area (Å²) in [5.41, 5.74) is 10.7. The number of ether oxygens (including phenoxy) is 1. The molecule has 0 aromatic carbocycles. The second kappa shape index (κ2) is 6.36. The van der Waals surface area contributed by atoms with Gasteiger partial charge in [-0.25, -0.2) is 0 Å². The molecular formula is C9H18N2O4. The van der Waals surface area contributed by atoms with E-state index in [0.29, 0.717) is 0 Å². The number of carboxylic acids is 1. The summed E-state index contributed by atoms with van der Waals surface area (Å²) in [5, 5.41) is 8.45. The normalized spacial score (nSPS) is 14.7. The Hall–Kier alpha value is -1.14. The molecule has 0 bridgehead atoms. The van der Waals surface area contributed by atoms with Gasteiger partial charge in [0.1, 0.15) is 12.1 Å². The van der Waals surface area contributed by atoms with Gasteiger partial charge in [-0.15, -0.1) is 0 Å². The number of nitrogens with two attached hydrogens (primary N) is 2. The summed E-state index contributed by atoms with van der Waals surface area (Å²) in [6.07, 6.45) is 0.0892. The van der Waals surface area contributed by atoms with Crippen molar-refractivity contribution in [1.82, 2.24) is 0 Å². The number of esters is 1. The Bertz CT molecular complexity index is 230. The molecule has 0 unspecified atom stereocenters. The zero-order valence-corrected chi connectivity index (χ0v) is 8.97. The Labute approximate surface area is 88.6 Å². The van der Waals surface area contributed by atoms with Crippen molar-refractivity contribution < 1.29 is 19.4 Å². The molecule has 0 fully saturated rings. The van der Waals surface area contributed by atoms with Crippen LogP contribution in [0.15, 0.2) is 0 Å². The Morgan fingerprint density at radius 1 is 1.33 bits per heavy atom. The van der Waals surface area contributed by atoms with Crippen LogP contribution in [0, 0.1) is 5.92 Å². The van der Waals surface area contributed by atoms with Gasteiger partial charge in [0.05, 0.1) is 6.61 Å². The molecule has 0 radical (unpaired) electrons. The summed E-state index contributed by atoms with van der Waals surface area (Å²) < 4.78 is 4.78. The average molecular weight is 218 g/mol. The van der Waals surface area contributed by atoms with Gasteiger partial charge in [0, 0.05) is 6.42 Å². The molecule has 0 aliphatic carbocycles. The van der Waals surface area contributed by atoms with Crippen molar-refractivity contribution in [3.05, 3.63) is 0 Å². The van der Waals surface area contributed by atoms with E-state index < -0.39 is 24.0 Å². The van der Waals surface area contributed by atoms with Crippen molar-refractivity contribution in [3.8, 4) is 0 Å². The number of carbonyl (C=O) groups is 2. The topological polar surface area (TPSA) is 116 Å². The average Bonchev–Trinajstić information content (AvgIpc) is 2.15. The van der Waals surface area contributed by atoms with Crippen LogP contribution in [0.5, 0.6) is 0 Å². The van der Waals surface area contributed by atoms with E-state index in [2.05, 4.69) is 0 Å². The van der Waals surface area contributed by atoms with Gasteiger partial charge in [-0.3, -0.25) is 9.59 Å². The maximum Gasteiger partial charge on any atom is 0.323 e. The molecule has 0 aliphatic rings. The van der Waals surface area contributed by atoms with E-state index in [-0.39, 0.29) is 18.9 Å². The van der Waals surface area contributed by atoms with Gasteiger partial charge >= 0.3 is 11.9 Å². The molecule has 6 heteroatoms. The van der Waals surface area contributed by atoms with E-state index in [1.54, 1.807) is 13.8 Å². The smallest absolute Gasteiger partial charge is 0.323 e. The molecule has 0 amide bonds. The molecular weight excluding hydrogens is 200 g/mol. The SMILES string of the molecule is CC(C)[C@@H](N)C(=O)OCC[C@H](N)C(=O)O. The second-order valence-electron chi connectivity index (χ2n) is 3.67. The Morgan fingerprint density at radius 3 is 2.27 bits per heavy atom. The minimum atomic E-state index is -1.11. The molecule has 0 aromatic rings. The van der Waals surface area contributed by atoms with Gasteiger partial charge in [0.15, 0.2) is 0 Å². The third-order valence-corrected chi connectivity index (χ3v) is 1.98. The zero-order chi connectivity index (χ0) is 12.0. The largest absolute Gasteiger partial charge is 0.480 e. The van der Waals surface area contributed by atoms with Crippen molar-refractivity contribution in [1.29, 1.82) is 0 Å². The van der Waals surface area contributed by atoms with E-state index in [4.69, 9.17) is 21.3 Å². The van der Waals surface area contributed by atoms with Crippen molar-refractivity contribution in [2.45, 2.75) is 32.4 Å². The van der Waals surface area contributed by atoms with Gasteiger partial charge in [0.2, 0.25) is 0 Å².